The number of aromatic nitrogens is 2. The van der Waals surface area contributed by atoms with E-state index in [1.165, 1.54) is 11.3 Å². The molecule has 3 rings (SSSR count). The average Bonchev–Trinajstić information content (AvgIpc) is 3.22. The summed E-state index contributed by atoms with van der Waals surface area (Å²) in [6.45, 7) is 6.15. The topological polar surface area (TPSA) is 70.4 Å². The Labute approximate surface area is 161 Å². The summed E-state index contributed by atoms with van der Waals surface area (Å²) in [5, 5.41) is 0. The molecule has 0 amide bonds. The molecule has 0 radical (unpaired) electrons. The van der Waals surface area contributed by atoms with Gasteiger partial charge in [-0.25, -0.2) is 9.78 Å². The fourth-order valence-electron chi connectivity index (χ4n) is 3.33. The third-order valence-corrected chi connectivity index (χ3v) is 5.33. The van der Waals surface area contributed by atoms with E-state index >= 15 is 0 Å². The maximum atomic E-state index is 12.6. The Morgan fingerprint density at radius 3 is 2.78 bits per heavy atom. The number of fused-ring (bicyclic) bond motifs is 1. The monoisotopic (exact) mass is 386 g/mol. The number of hydrogen-bond donors (Lipinski definition) is 0. The van der Waals surface area contributed by atoms with Crippen molar-refractivity contribution in [1.82, 2.24) is 9.55 Å². The molecule has 0 aliphatic carbocycles. The van der Waals surface area contributed by atoms with Gasteiger partial charge in [0, 0.05) is 24.1 Å². The Morgan fingerprint density at radius 2 is 2.04 bits per heavy atom. The molecule has 0 saturated carbocycles. The number of esters is 1. The van der Waals surface area contributed by atoms with Crippen molar-refractivity contribution in [3.05, 3.63) is 52.3 Å². The van der Waals surface area contributed by atoms with Gasteiger partial charge in [-0.2, -0.15) is 0 Å². The van der Waals surface area contributed by atoms with Crippen molar-refractivity contribution in [2.75, 3.05) is 20.3 Å². The van der Waals surface area contributed by atoms with Crippen LogP contribution in [0.5, 0.6) is 0 Å². The molecule has 6 nitrogen and oxygen atoms in total. The minimum absolute atomic E-state index is 0.116. The van der Waals surface area contributed by atoms with Crippen LogP contribution in [0.1, 0.15) is 45.1 Å². The molecule has 0 spiro atoms. The summed E-state index contributed by atoms with van der Waals surface area (Å²) >= 11 is 1.45. The van der Waals surface area contributed by atoms with Gasteiger partial charge in [0.05, 0.1) is 33.9 Å². The number of ketones is 1. The van der Waals surface area contributed by atoms with Crippen LogP contribution in [0.3, 0.4) is 0 Å². The lowest BCUT2D eigenvalue weighted by molar-refractivity contribution is 0.0474. The Morgan fingerprint density at radius 1 is 1.26 bits per heavy atom. The normalized spacial score (nSPS) is 12.3. The molecule has 7 heteroatoms. The summed E-state index contributed by atoms with van der Waals surface area (Å²) in [7, 11) is 1.65. The lowest BCUT2D eigenvalue weighted by atomic mass is 10.1. The summed E-state index contributed by atoms with van der Waals surface area (Å²) in [4.78, 5) is 29.1. The molecule has 0 aliphatic rings. The summed E-state index contributed by atoms with van der Waals surface area (Å²) < 4.78 is 13.4. The van der Waals surface area contributed by atoms with E-state index in [1.807, 2.05) is 26.8 Å². The maximum Gasteiger partial charge on any atom is 0.338 e. The van der Waals surface area contributed by atoms with E-state index in [-0.39, 0.29) is 18.4 Å². The molecule has 0 N–H and O–H groups in total. The summed E-state index contributed by atoms with van der Waals surface area (Å²) in [6, 6.07) is 7.12. The van der Waals surface area contributed by atoms with Crippen LogP contribution in [0.25, 0.3) is 10.2 Å². The first-order valence-electron chi connectivity index (χ1n) is 8.63. The number of benzene rings is 1. The quantitative estimate of drug-likeness (QED) is 0.454. The maximum absolute atomic E-state index is 12.6. The highest BCUT2D eigenvalue weighted by Gasteiger charge is 2.20. The molecule has 142 valence electrons. The van der Waals surface area contributed by atoms with Crippen molar-refractivity contribution < 1.29 is 19.1 Å². The van der Waals surface area contributed by atoms with Crippen LogP contribution in [0.2, 0.25) is 0 Å². The van der Waals surface area contributed by atoms with Crippen molar-refractivity contribution >= 4 is 33.3 Å². The number of carbonyl (C=O) groups excluding carboxylic acids is 2. The number of thiazole rings is 1. The molecular formula is C20H22N2O4S. The van der Waals surface area contributed by atoms with Crippen molar-refractivity contribution in [3.8, 4) is 0 Å². The minimum atomic E-state index is -0.514. The van der Waals surface area contributed by atoms with Gasteiger partial charge in [0.25, 0.3) is 0 Å². The van der Waals surface area contributed by atoms with Crippen LogP contribution in [0.4, 0.5) is 0 Å². The fourth-order valence-corrected chi connectivity index (χ4v) is 4.04. The number of nitrogens with zero attached hydrogens (tertiary/aromatic N) is 2. The smallest absolute Gasteiger partial charge is 0.338 e. The third-order valence-electron chi connectivity index (χ3n) is 4.53. The molecule has 0 saturated heterocycles. The van der Waals surface area contributed by atoms with Gasteiger partial charge in [0.15, 0.2) is 6.61 Å². The molecule has 27 heavy (non-hydrogen) atoms. The second-order valence-corrected chi connectivity index (χ2v) is 7.38. The van der Waals surface area contributed by atoms with Gasteiger partial charge in [-0.15, -0.1) is 11.3 Å². The largest absolute Gasteiger partial charge is 0.454 e. The van der Waals surface area contributed by atoms with Crippen LogP contribution in [-0.4, -0.2) is 41.6 Å². The lowest BCUT2D eigenvalue weighted by Gasteiger charge is -2.17. The highest BCUT2D eigenvalue weighted by molar-refractivity contribution is 7.16. The van der Waals surface area contributed by atoms with E-state index in [0.29, 0.717) is 17.7 Å². The van der Waals surface area contributed by atoms with E-state index in [0.717, 1.165) is 21.6 Å². The van der Waals surface area contributed by atoms with E-state index in [1.54, 1.807) is 30.8 Å². The number of carbonyl (C=O) groups is 2. The summed E-state index contributed by atoms with van der Waals surface area (Å²) in [5.74, 6) is -0.730. The zero-order valence-electron chi connectivity index (χ0n) is 15.8. The Bertz CT molecular complexity index is 989. The molecule has 2 aromatic heterocycles. The van der Waals surface area contributed by atoms with Crippen LogP contribution in [-0.2, 0) is 9.47 Å². The zero-order chi connectivity index (χ0) is 19.6. The van der Waals surface area contributed by atoms with E-state index in [2.05, 4.69) is 9.55 Å². The number of hydrogen-bond acceptors (Lipinski definition) is 6. The molecule has 2 heterocycles. The van der Waals surface area contributed by atoms with Gasteiger partial charge in [-0.05, 0) is 45.0 Å². The van der Waals surface area contributed by atoms with Crippen LogP contribution >= 0.6 is 11.3 Å². The standard InChI is InChI=1S/C20H22N2O4S/c1-12-7-16(14(3)22(12)13(2)9-25-4)18(23)10-26-20(24)15-5-6-17-19(8-15)27-11-21-17/h5-8,11,13H,9-10H2,1-4H3/t13-/m1/s1. The Kier molecular flexibility index (Phi) is 5.72. The second kappa shape index (κ2) is 8.02. The summed E-state index contributed by atoms with van der Waals surface area (Å²) in [6.07, 6.45) is 0. The molecule has 1 atom stereocenters. The van der Waals surface area contributed by atoms with Crippen LogP contribution < -0.4 is 0 Å². The van der Waals surface area contributed by atoms with Crippen LogP contribution in [0, 0.1) is 13.8 Å². The van der Waals surface area contributed by atoms with Gasteiger partial charge in [0.1, 0.15) is 0 Å². The predicted octanol–water partition coefficient (Wildman–Crippen LogP) is 3.96. The van der Waals surface area contributed by atoms with Gasteiger partial charge < -0.3 is 14.0 Å². The lowest BCUT2D eigenvalue weighted by Crippen LogP contribution is -2.17. The Balaban J connectivity index is 1.70. The molecule has 0 bridgehead atoms. The molecule has 1 aromatic carbocycles. The highest BCUT2D eigenvalue weighted by atomic mass is 32.1. The van der Waals surface area contributed by atoms with Gasteiger partial charge in [-0.1, -0.05) is 0 Å². The van der Waals surface area contributed by atoms with E-state index in [4.69, 9.17) is 9.47 Å². The first kappa shape index (κ1) is 19.3. The van der Waals surface area contributed by atoms with Crippen LogP contribution in [0.15, 0.2) is 29.8 Å². The first-order valence-corrected chi connectivity index (χ1v) is 9.51. The number of aryl methyl sites for hydroxylation is 1. The van der Waals surface area contributed by atoms with Crippen molar-refractivity contribution in [2.45, 2.75) is 26.8 Å². The second-order valence-electron chi connectivity index (χ2n) is 6.49. The zero-order valence-corrected chi connectivity index (χ0v) is 16.6. The van der Waals surface area contributed by atoms with Crippen molar-refractivity contribution in [1.29, 1.82) is 0 Å². The Hall–Kier alpha value is -2.51. The number of methoxy groups -OCH3 is 1. The number of rotatable bonds is 7. The first-order chi connectivity index (χ1) is 12.9. The molecule has 3 aromatic rings. The molecular weight excluding hydrogens is 364 g/mol. The van der Waals surface area contributed by atoms with Crippen molar-refractivity contribution in [3.63, 3.8) is 0 Å². The van der Waals surface area contributed by atoms with Crippen molar-refractivity contribution in [2.24, 2.45) is 0 Å². The van der Waals surface area contributed by atoms with Gasteiger partial charge >= 0.3 is 5.97 Å². The number of Topliss-reactive ketones (excluding diaryl/α,β-unsaturated/α-hetero) is 1. The fraction of sp³-hybridized carbons (Fsp3) is 0.350. The highest BCUT2D eigenvalue weighted by Crippen LogP contribution is 2.22. The third kappa shape index (κ3) is 3.94. The summed E-state index contributed by atoms with van der Waals surface area (Å²) in [5.41, 5.74) is 5.38. The van der Waals surface area contributed by atoms with Gasteiger partial charge in [0.2, 0.25) is 5.78 Å². The molecule has 0 fully saturated rings. The number of ether oxygens (including phenoxy) is 2. The van der Waals surface area contributed by atoms with E-state index in [9.17, 15) is 9.59 Å². The predicted molar refractivity (Wildman–Crippen MR) is 105 cm³/mol. The molecule has 0 unspecified atom stereocenters. The van der Waals surface area contributed by atoms with E-state index < -0.39 is 5.97 Å². The molecule has 0 aliphatic heterocycles. The minimum Gasteiger partial charge on any atom is -0.454 e. The average molecular weight is 386 g/mol. The van der Waals surface area contributed by atoms with Gasteiger partial charge in [-0.3, -0.25) is 4.79 Å². The SMILES string of the molecule is COC[C@@H](C)n1c(C)cc(C(=O)COC(=O)c2ccc3ncsc3c2)c1C.